The molecule has 1 nitrogen and oxygen atoms in total. The van der Waals surface area contributed by atoms with Crippen LogP contribution in [0.5, 0.6) is 0 Å². The minimum atomic E-state index is -0.466. The number of hydrogen-bond donors (Lipinski definition) is 1. The Labute approximate surface area is 98.8 Å². The monoisotopic (exact) mass is 226 g/mol. The standard InChI is InChI=1S/C14H16NSi/c1-16(2)15-14-11-7-6-10-13(14)12-8-4-3-5-9-12/h3-11,15H,1-2H3. The van der Waals surface area contributed by atoms with Crippen molar-refractivity contribution < 1.29 is 0 Å². The van der Waals surface area contributed by atoms with Crippen LogP contribution in [0, 0.1) is 0 Å². The summed E-state index contributed by atoms with van der Waals surface area (Å²) in [6, 6.07) is 19.0. The van der Waals surface area contributed by atoms with Crippen molar-refractivity contribution in [2.24, 2.45) is 0 Å². The summed E-state index contributed by atoms with van der Waals surface area (Å²) >= 11 is 0. The molecule has 0 aliphatic heterocycles. The van der Waals surface area contributed by atoms with Crippen molar-refractivity contribution in [2.45, 2.75) is 13.1 Å². The van der Waals surface area contributed by atoms with Crippen LogP contribution in [-0.2, 0) is 0 Å². The molecular formula is C14H16NSi. The molecule has 0 spiro atoms. The van der Waals surface area contributed by atoms with E-state index in [2.05, 4.69) is 72.7 Å². The van der Waals surface area contributed by atoms with Gasteiger partial charge in [0.05, 0.1) is 0 Å². The molecule has 0 aliphatic carbocycles. The van der Waals surface area contributed by atoms with E-state index in [9.17, 15) is 0 Å². The maximum atomic E-state index is 3.57. The third-order valence-corrected chi connectivity index (χ3v) is 3.17. The minimum Gasteiger partial charge on any atom is -0.410 e. The lowest BCUT2D eigenvalue weighted by molar-refractivity contribution is 1.59. The zero-order valence-electron chi connectivity index (χ0n) is 9.70. The van der Waals surface area contributed by atoms with Crippen LogP contribution >= 0.6 is 0 Å². The third kappa shape index (κ3) is 2.52. The zero-order valence-corrected chi connectivity index (χ0v) is 10.7. The van der Waals surface area contributed by atoms with Gasteiger partial charge < -0.3 is 4.98 Å². The Morgan fingerprint density at radius 3 is 2.12 bits per heavy atom. The second-order valence-electron chi connectivity index (χ2n) is 4.04. The highest BCUT2D eigenvalue weighted by Crippen LogP contribution is 2.27. The average molecular weight is 226 g/mol. The van der Waals surface area contributed by atoms with Gasteiger partial charge in [0.2, 0.25) is 0 Å². The van der Waals surface area contributed by atoms with E-state index in [-0.39, 0.29) is 0 Å². The maximum absolute atomic E-state index is 3.57. The van der Waals surface area contributed by atoms with Crippen molar-refractivity contribution in [1.82, 2.24) is 0 Å². The molecule has 2 aromatic rings. The second kappa shape index (κ2) is 4.99. The molecule has 2 aromatic carbocycles. The summed E-state index contributed by atoms with van der Waals surface area (Å²) in [5, 5.41) is 0. The summed E-state index contributed by atoms with van der Waals surface area (Å²) < 4.78 is 0. The van der Waals surface area contributed by atoms with Crippen LogP contribution in [0.1, 0.15) is 0 Å². The van der Waals surface area contributed by atoms with Crippen LogP contribution in [0.15, 0.2) is 54.6 Å². The van der Waals surface area contributed by atoms with Gasteiger partial charge in [-0.3, -0.25) is 0 Å². The number of benzene rings is 2. The smallest absolute Gasteiger partial charge is 0.159 e. The summed E-state index contributed by atoms with van der Waals surface area (Å²) in [4.78, 5) is 3.57. The number of para-hydroxylation sites is 1. The van der Waals surface area contributed by atoms with E-state index >= 15 is 0 Å². The minimum absolute atomic E-state index is 0.466. The van der Waals surface area contributed by atoms with Crippen molar-refractivity contribution in [3.05, 3.63) is 54.6 Å². The first-order valence-electron chi connectivity index (χ1n) is 5.49. The summed E-state index contributed by atoms with van der Waals surface area (Å²) in [7, 11) is -0.466. The van der Waals surface area contributed by atoms with Crippen LogP contribution in [0.4, 0.5) is 5.69 Å². The van der Waals surface area contributed by atoms with E-state index in [1.165, 1.54) is 16.8 Å². The molecule has 0 amide bonds. The number of anilines is 1. The molecule has 16 heavy (non-hydrogen) atoms. The molecular weight excluding hydrogens is 210 g/mol. The van der Waals surface area contributed by atoms with E-state index in [0.29, 0.717) is 0 Å². The van der Waals surface area contributed by atoms with Crippen molar-refractivity contribution >= 4 is 14.6 Å². The highest BCUT2D eigenvalue weighted by atomic mass is 28.3. The summed E-state index contributed by atoms with van der Waals surface area (Å²) in [6.45, 7) is 4.51. The molecule has 0 fully saturated rings. The lowest BCUT2D eigenvalue weighted by Crippen LogP contribution is -2.15. The normalized spacial score (nSPS) is 10.4. The van der Waals surface area contributed by atoms with Crippen molar-refractivity contribution in [3.63, 3.8) is 0 Å². The largest absolute Gasteiger partial charge is 0.410 e. The molecule has 0 unspecified atom stereocenters. The second-order valence-corrected chi connectivity index (χ2v) is 6.29. The fourth-order valence-electron chi connectivity index (χ4n) is 1.73. The topological polar surface area (TPSA) is 12.0 Å². The van der Waals surface area contributed by atoms with Crippen LogP contribution in [-0.4, -0.2) is 8.96 Å². The van der Waals surface area contributed by atoms with Crippen molar-refractivity contribution in [3.8, 4) is 11.1 Å². The predicted octanol–water partition coefficient (Wildman–Crippen LogP) is 4.02. The van der Waals surface area contributed by atoms with Crippen molar-refractivity contribution in [1.29, 1.82) is 0 Å². The average Bonchev–Trinajstić information content (AvgIpc) is 2.30. The van der Waals surface area contributed by atoms with Gasteiger partial charge >= 0.3 is 0 Å². The summed E-state index contributed by atoms with van der Waals surface area (Å²) in [5.41, 5.74) is 3.80. The maximum Gasteiger partial charge on any atom is 0.159 e. The fourth-order valence-corrected chi connectivity index (χ4v) is 2.49. The molecule has 2 rings (SSSR count). The molecule has 1 N–H and O–H groups in total. The Hall–Kier alpha value is -1.54. The van der Waals surface area contributed by atoms with E-state index < -0.39 is 8.96 Å². The van der Waals surface area contributed by atoms with Gasteiger partial charge in [-0.1, -0.05) is 61.6 Å². The lowest BCUT2D eigenvalue weighted by Gasteiger charge is -2.13. The molecule has 0 heterocycles. The highest BCUT2D eigenvalue weighted by molar-refractivity contribution is 6.59. The summed E-state index contributed by atoms with van der Waals surface area (Å²) in [5.74, 6) is 0. The van der Waals surface area contributed by atoms with Crippen LogP contribution < -0.4 is 4.98 Å². The Kier molecular flexibility index (Phi) is 3.42. The van der Waals surface area contributed by atoms with Crippen molar-refractivity contribution in [2.75, 3.05) is 4.98 Å². The van der Waals surface area contributed by atoms with E-state index in [4.69, 9.17) is 0 Å². The Morgan fingerprint density at radius 2 is 1.44 bits per heavy atom. The molecule has 0 aliphatic rings. The van der Waals surface area contributed by atoms with Gasteiger partial charge in [0.15, 0.2) is 8.96 Å². The first-order chi connectivity index (χ1) is 7.77. The Bertz CT molecular complexity index is 451. The quantitative estimate of drug-likeness (QED) is 0.780. The van der Waals surface area contributed by atoms with Crippen LogP contribution in [0.3, 0.4) is 0 Å². The number of nitrogens with one attached hydrogen (secondary N) is 1. The zero-order chi connectivity index (χ0) is 11.4. The summed E-state index contributed by atoms with van der Waals surface area (Å²) in [6.07, 6.45) is 0. The lowest BCUT2D eigenvalue weighted by atomic mass is 10.0. The highest BCUT2D eigenvalue weighted by Gasteiger charge is 2.05. The first kappa shape index (κ1) is 11.0. The SMILES string of the molecule is C[Si](C)Nc1ccccc1-c1ccccc1. The first-order valence-corrected chi connectivity index (χ1v) is 7.99. The molecule has 0 saturated carbocycles. The third-order valence-electron chi connectivity index (χ3n) is 2.40. The molecule has 0 saturated heterocycles. The van der Waals surface area contributed by atoms with Gasteiger partial charge in [0, 0.05) is 11.3 Å². The molecule has 2 heteroatoms. The van der Waals surface area contributed by atoms with Gasteiger partial charge in [-0.2, -0.15) is 0 Å². The van der Waals surface area contributed by atoms with Gasteiger partial charge in [-0.05, 0) is 11.6 Å². The number of rotatable bonds is 3. The Balaban J connectivity index is 2.41. The van der Waals surface area contributed by atoms with Crippen LogP contribution in [0.2, 0.25) is 13.1 Å². The Morgan fingerprint density at radius 1 is 0.812 bits per heavy atom. The molecule has 0 atom stereocenters. The van der Waals surface area contributed by atoms with Gasteiger partial charge in [0.1, 0.15) is 0 Å². The number of hydrogen-bond acceptors (Lipinski definition) is 1. The molecule has 0 aromatic heterocycles. The molecule has 1 radical (unpaired) electrons. The van der Waals surface area contributed by atoms with E-state index in [1.807, 2.05) is 0 Å². The van der Waals surface area contributed by atoms with E-state index in [0.717, 1.165) is 0 Å². The predicted molar refractivity (Wildman–Crippen MR) is 73.0 cm³/mol. The molecule has 81 valence electrons. The van der Waals surface area contributed by atoms with Gasteiger partial charge in [0.25, 0.3) is 0 Å². The van der Waals surface area contributed by atoms with Crippen LogP contribution in [0.25, 0.3) is 11.1 Å². The van der Waals surface area contributed by atoms with Gasteiger partial charge in [-0.25, -0.2) is 0 Å². The van der Waals surface area contributed by atoms with Gasteiger partial charge in [-0.15, -0.1) is 0 Å². The fraction of sp³-hybridized carbons (Fsp3) is 0.143. The molecule has 0 bridgehead atoms. The van der Waals surface area contributed by atoms with E-state index in [1.54, 1.807) is 0 Å².